The number of likely N-dealkylation sites (N-methyl/N-ethyl adjacent to an activating group) is 2. The zero-order valence-electron chi connectivity index (χ0n) is 18.8. The van der Waals surface area contributed by atoms with Gasteiger partial charge in [-0.05, 0) is 59.0 Å². The number of nitrogens with one attached hydrogen (secondary N) is 2. The number of rotatable bonds is 10. The number of ether oxygens (including phenoxy) is 2. The molecule has 7 nitrogen and oxygen atoms in total. The molecule has 0 saturated carbocycles. The molecule has 1 saturated heterocycles. The average molecular weight is 406 g/mol. The third-order valence-electron chi connectivity index (χ3n) is 5.10. The van der Waals surface area contributed by atoms with Crippen molar-refractivity contribution in [2.45, 2.75) is 33.2 Å². The Morgan fingerprint density at radius 3 is 2.55 bits per heavy atom. The van der Waals surface area contributed by atoms with Crippen molar-refractivity contribution in [2.24, 2.45) is 4.99 Å². The fourth-order valence-corrected chi connectivity index (χ4v) is 3.41. The van der Waals surface area contributed by atoms with Gasteiger partial charge in [0.2, 0.25) is 0 Å². The van der Waals surface area contributed by atoms with Crippen LogP contribution < -0.4 is 20.1 Å². The van der Waals surface area contributed by atoms with Crippen molar-refractivity contribution in [3.63, 3.8) is 0 Å². The van der Waals surface area contributed by atoms with Gasteiger partial charge in [-0.3, -0.25) is 9.89 Å². The highest BCUT2D eigenvalue weighted by molar-refractivity contribution is 5.79. The predicted molar refractivity (Wildman–Crippen MR) is 120 cm³/mol. The molecule has 1 aliphatic heterocycles. The maximum absolute atomic E-state index is 5.73. The van der Waals surface area contributed by atoms with Gasteiger partial charge in [0.25, 0.3) is 0 Å². The van der Waals surface area contributed by atoms with Crippen molar-refractivity contribution >= 4 is 5.96 Å². The lowest BCUT2D eigenvalue weighted by atomic mass is 10.1. The zero-order valence-corrected chi connectivity index (χ0v) is 18.8. The summed E-state index contributed by atoms with van der Waals surface area (Å²) in [4.78, 5) is 9.60. The van der Waals surface area contributed by atoms with Gasteiger partial charge < -0.3 is 25.0 Å². The molecule has 0 bridgehead atoms. The fraction of sp³-hybridized carbons (Fsp3) is 0.682. The minimum absolute atomic E-state index is 0.462. The molecular weight excluding hydrogens is 366 g/mol. The molecule has 29 heavy (non-hydrogen) atoms. The van der Waals surface area contributed by atoms with E-state index in [-0.39, 0.29) is 0 Å². The second-order valence-corrected chi connectivity index (χ2v) is 7.44. The molecule has 164 valence electrons. The van der Waals surface area contributed by atoms with Crippen LogP contribution in [0.15, 0.2) is 23.2 Å². The van der Waals surface area contributed by atoms with Crippen LogP contribution in [0.3, 0.4) is 0 Å². The number of hydrogen-bond acceptors (Lipinski definition) is 5. The van der Waals surface area contributed by atoms with Gasteiger partial charge in [-0.15, -0.1) is 0 Å². The van der Waals surface area contributed by atoms with Crippen molar-refractivity contribution < 1.29 is 9.47 Å². The van der Waals surface area contributed by atoms with Crippen LogP contribution in [0.25, 0.3) is 0 Å². The van der Waals surface area contributed by atoms with Gasteiger partial charge in [-0.25, -0.2) is 0 Å². The molecule has 0 radical (unpaired) electrons. The number of piperazine rings is 1. The third kappa shape index (κ3) is 7.74. The summed E-state index contributed by atoms with van der Waals surface area (Å²) in [5.41, 5.74) is 1.22. The largest absolute Gasteiger partial charge is 0.490 e. The van der Waals surface area contributed by atoms with Crippen molar-refractivity contribution in [3.05, 3.63) is 23.8 Å². The van der Waals surface area contributed by atoms with E-state index >= 15 is 0 Å². The van der Waals surface area contributed by atoms with E-state index in [4.69, 9.17) is 14.5 Å². The first-order valence-electron chi connectivity index (χ1n) is 10.9. The summed E-state index contributed by atoms with van der Waals surface area (Å²) in [5, 5.41) is 6.81. The Bertz CT molecular complexity index is 638. The zero-order chi connectivity index (χ0) is 21.1. The molecule has 1 unspecified atom stereocenters. The lowest BCUT2D eigenvalue weighted by molar-refractivity contribution is 0.119. The molecule has 1 heterocycles. The highest BCUT2D eigenvalue weighted by Gasteiger charge is 2.21. The van der Waals surface area contributed by atoms with Crippen LogP contribution in [0.4, 0.5) is 0 Å². The summed E-state index contributed by atoms with van der Waals surface area (Å²) in [6.45, 7) is 13.1. The second-order valence-electron chi connectivity index (χ2n) is 7.44. The topological polar surface area (TPSA) is 61.4 Å². The summed E-state index contributed by atoms with van der Waals surface area (Å²) >= 11 is 0. The highest BCUT2D eigenvalue weighted by Crippen LogP contribution is 2.28. The van der Waals surface area contributed by atoms with E-state index in [0.29, 0.717) is 19.3 Å². The summed E-state index contributed by atoms with van der Waals surface area (Å²) in [6, 6.07) is 6.64. The normalized spacial score (nSPS) is 18.5. The van der Waals surface area contributed by atoms with E-state index in [2.05, 4.69) is 53.6 Å². The predicted octanol–water partition coefficient (Wildman–Crippen LogP) is 1.83. The fourth-order valence-electron chi connectivity index (χ4n) is 3.41. The lowest BCUT2D eigenvalue weighted by Gasteiger charge is -2.36. The molecule has 0 spiro atoms. The minimum Gasteiger partial charge on any atom is -0.490 e. The molecule has 2 rings (SSSR count). The monoisotopic (exact) mass is 405 g/mol. The third-order valence-corrected chi connectivity index (χ3v) is 5.10. The van der Waals surface area contributed by atoms with Gasteiger partial charge in [0.05, 0.1) is 19.8 Å². The first kappa shape index (κ1) is 23.3. The molecule has 1 fully saturated rings. The first-order valence-corrected chi connectivity index (χ1v) is 10.9. The Hall–Kier alpha value is -1.99. The Balaban J connectivity index is 1.90. The first-order chi connectivity index (χ1) is 14.1. The van der Waals surface area contributed by atoms with Gasteiger partial charge in [0, 0.05) is 38.8 Å². The van der Waals surface area contributed by atoms with Crippen molar-refractivity contribution in [3.8, 4) is 11.5 Å². The Morgan fingerprint density at radius 1 is 1.07 bits per heavy atom. The van der Waals surface area contributed by atoms with E-state index in [9.17, 15) is 0 Å². The van der Waals surface area contributed by atoms with E-state index in [1.54, 1.807) is 0 Å². The Morgan fingerprint density at radius 2 is 1.83 bits per heavy atom. The minimum atomic E-state index is 0.462. The van der Waals surface area contributed by atoms with Crippen LogP contribution in [0.2, 0.25) is 0 Å². The molecule has 1 aromatic rings. The highest BCUT2D eigenvalue weighted by atomic mass is 16.5. The summed E-state index contributed by atoms with van der Waals surface area (Å²) in [5.74, 6) is 2.50. The molecular formula is C22H39N5O2. The SMILES string of the molecule is CCNC(=NCC1CN(C)CCN1C)NCCc1ccc(OCC)c(OCC)c1. The van der Waals surface area contributed by atoms with Crippen LogP contribution in [0.5, 0.6) is 11.5 Å². The molecule has 0 amide bonds. The maximum Gasteiger partial charge on any atom is 0.191 e. The van der Waals surface area contributed by atoms with Crippen molar-refractivity contribution in [2.75, 3.05) is 66.6 Å². The van der Waals surface area contributed by atoms with Crippen molar-refractivity contribution in [1.82, 2.24) is 20.4 Å². The molecule has 1 atom stereocenters. The molecule has 0 aromatic heterocycles. The van der Waals surface area contributed by atoms with Crippen LogP contribution in [-0.2, 0) is 6.42 Å². The van der Waals surface area contributed by atoms with Gasteiger partial charge in [0.15, 0.2) is 17.5 Å². The molecule has 0 aliphatic carbocycles. The lowest BCUT2D eigenvalue weighted by Crippen LogP contribution is -2.51. The number of benzene rings is 1. The average Bonchev–Trinajstić information content (AvgIpc) is 2.70. The van der Waals surface area contributed by atoms with Crippen LogP contribution in [0, 0.1) is 0 Å². The summed E-state index contributed by atoms with van der Waals surface area (Å²) < 4.78 is 11.4. The standard InChI is InChI=1S/C22H39N5O2/c1-6-23-22(25-16-19-17-26(4)13-14-27(19)5)24-12-11-18-9-10-20(28-7-2)21(15-18)29-8-3/h9-10,15,19H,6-8,11-14,16-17H2,1-5H3,(H2,23,24,25). The molecule has 1 aliphatic rings. The maximum atomic E-state index is 5.73. The van der Waals surface area contributed by atoms with Gasteiger partial charge in [0.1, 0.15) is 0 Å². The number of guanidine groups is 1. The number of aliphatic imine (C=N–C) groups is 1. The van der Waals surface area contributed by atoms with Crippen molar-refractivity contribution in [1.29, 1.82) is 0 Å². The quantitative estimate of drug-likeness (QED) is 0.457. The van der Waals surface area contributed by atoms with Gasteiger partial charge in [-0.2, -0.15) is 0 Å². The number of nitrogens with zero attached hydrogens (tertiary/aromatic N) is 3. The van der Waals surface area contributed by atoms with Crippen LogP contribution in [0.1, 0.15) is 26.3 Å². The van der Waals surface area contributed by atoms with Crippen LogP contribution >= 0.6 is 0 Å². The Labute approximate surface area is 176 Å². The second kappa shape index (κ2) is 12.5. The van der Waals surface area contributed by atoms with E-state index in [1.807, 2.05) is 19.9 Å². The molecule has 2 N–H and O–H groups in total. The molecule has 1 aromatic carbocycles. The smallest absolute Gasteiger partial charge is 0.191 e. The summed E-state index contributed by atoms with van der Waals surface area (Å²) in [6.07, 6.45) is 0.892. The molecule has 7 heteroatoms. The Kier molecular flexibility index (Phi) is 10.1. The summed E-state index contributed by atoms with van der Waals surface area (Å²) in [7, 11) is 4.37. The van der Waals surface area contributed by atoms with Gasteiger partial charge >= 0.3 is 0 Å². The van der Waals surface area contributed by atoms with E-state index < -0.39 is 0 Å². The number of hydrogen-bond donors (Lipinski definition) is 2. The van der Waals surface area contributed by atoms with E-state index in [0.717, 1.165) is 63.1 Å². The van der Waals surface area contributed by atoms with Crippen LogP contribution in [-0.4, -0.2) is 88.4 Å². The van der Waals surface area contributed by atoms with Gasteiger partial charge in [-0.1, -0.05) is 6.07 Å². The van der Waals surface area contributed by atoms with E-state index in [1.165, 1.54) is 5.56 Å².